The third kappa shape index (κ3) is 4.95. The summed E-state index contributed by atoms with van der Waals surface area (Å²) in [5.41, 5.74) is 2.46. The minimum Gasteiger partial charge on any atom is -0.368 e. The van der Waals surface area contributed by atoms with Crippen LogP contribution < -0.4 is 16.0 Å². The van der Waals surface area contributed by atoms with Crippen LogP contribution in [0.2, 0.25) is 0 Å². The number of amides is 2. The molecular weight excluding hydrogens is 394 g/mol. The van der Waals surface area contributed by atoms with Crippen LogP contribution in [-0.2, 0) is 21.4 Å². The van der Waals surface area contributed by atoms with Crippen molar-refractivity contribution in [3.8, 4) is 0 Å². The van der Waals surface area contributed by atoms with Crippen molar-refractivity contribution in [1.82, 2.24) is 15.1 Å². The predicted octanol–water partition coefficient (Wildman–Crippen LogP) is 1.90. The first-order chi connectivity index (χ1) is 13.6. The number of aryl methyl sites for hydroxylation is 1. The second kappa shape index (κ2) is 9.39. The standard InChI is InChI=1S/C20H25N5O3.ClH/c1-25-12-13(9-22-25)16-10-21-11-17(16)19(26)23-14-4-6-15(7-5-14)24-20(27)18-3-2-8-28-18;/h4-7,9,12,16-18,21H,2-3,8,10-11H2,1H3,(H,23,26)(H,24,27);1H/t16-,17+,18?;/m1./s1. The molecule has 0 radical (unpaired) electrons. The summed E-state index contributed by atoms with van der Waals surface area (Å²) >= 11 is 0. The van der Waals surface area contributed by atoms with Crippen molar-refractivity contribution >= 4 is 35.6 Å². The molecule has 2 fully saturated rings. The van der Waals surface area contributed by atoms with Gasteiger partial charge in [0.2, 0.25) is 5.91 Å². The molecule has 29 heavy (non-hydrogen) atoms. The van der Waals surface area contributed by atoms with E-state index in [0.717, 1.165) is 24.9 Å². The number of rotatable bonds is 5. The third-order valence-corrected chi connectivity index (χ3v) is 5.35. The molecule has 2 aromatic rings. The van der Waals surface area contributed by atoms with E-state index in [1.807, 2.05) is 19.4 Å². The molecule has 3 heterocycles. The molecule has 0 spiro atoms. The number of halogens is 1. The molecule has 2 amide bonds. The van der Waals surface area contributed by atoms with E-state index in [9.17, 15) is 9.59 Å². The molecule has 4 rings (SSSR count). The van der Waals surface area contributed by atoms with Crippen molar-refractivity contribution < 1.29 is 14.3 Å². The quantitative estimate of drug-likeness (QED) is 0.687. The van der Waals surface area contributed by atoms with E-state index >= 15 is 0 Å². The highest BCUT2D eigenvalue weighted by Gasteiger charge is 2.34. The summed E-state index contributed by atoms with van der Waals surface area (Å²) in [7, 11) is 1.88. The molecule has 0 saturated carbocycles. The van der Waals surface area contributed by atoms with Crippen LogP contribution in [0, 0.1) is 5.92 Å². The summed E-state index contributed by atoms with van der Waals surface area (Å²) < 4.78 is 7.14. The molecule has 0 bridgehead atoms. The summed E-state index contributed by atoms with van der Waals surface area (Å²) in [6, 6.07) is 7.16. The molecule has 9 heteroatoms. The number of hydrogen-bond acceptors (Lipinski definition) is 5. The monoisotopic (exact) mass is 419 g/mol. The fourth-order valence-electron chi connectivity index (χ4n) is 3.82. The van der Waals surface area contributed by atoms with E-state index in [-0.39, 0.29) is 42.2 Å². The van der Waals surface area contributed by atoms with Crippen LogP contribution in [0.4, 0.5) is 11.4 Å². The van der Waals surface area contributed by atoms with Gasteiger partial charge in [0.1, 0.15) is 6.10 Å². The number of anilines is 2. The van der Waals surface area contributed by atoms with Crippen LogP contribution in [0.15, 0.2) is 36.7 Å². The lowest BCUT2D eigenvalue weighted by molar-refractivity contribution is -0.124. The predicted molar refractivity (Wildman–Crippen MR) is 112 cm³/mol. The zero-order valence-electron chi connectivity index (χ0n) is 16.3. The van der Waals surface area contributed by atoms with Gasteiger partial charge in [-0.25, -0.2) is 0 Å². The number of carbonyl (C=O) groups excluding carboxylic acids is 2. The van der Waals surface area contributed by atoms with Crippen LogP contribution in [0.25, 0.3) is 0 Å². The molecule has 1 aromatic heterocycles. The van der Waals surface area contributed by atoms with E-state index in [4.69, 9.17) is 4.74 Å². The molecule has 3 N–H and O–H groups in total. The lowest BCUT2D eigenvalue weighted by Gasteiger charge is -2.17. The first-order valence-corrected chi connectivity index (χ1v) is 9.63. The molecule has 1 aromatic carbocycles. The van der Waals surface area contributed by atoms with Crippen LogP contribution in [0.3, 0.4) is 0 Å². The Bertz CT molecular complexity index is 848. The number of nitrogens with zero attached hydrogens (tertiary/aromatic N) is 2. The van der Waals surface area contributed by atoms with Gasteiger partial charge in [0, 0.05) is 50.2 Å². The van der Waals surface area contributed by atoms with Crippen LogP contribution >= 0.6 is 12.4 Å². The average molecular weight is 420 g/mol. The average Bonchev–Trinajstić information content (AvgIpc) is 3.44. The summed E-state index contributed by atoms with van der Waals surface area (Å²) in [6.07, 6.45) is 5.10. The zero-order valence-corrected chi connectivity index (χ0v) is 17.1. The van der Waals surface area contributed by atoms with Gasteiger partial charge in [-0.05, 0) is 42.7 Å². The molecule has 0 aliphatic carbocycles. The van der Waals surface area contributed by atoms with Gasteiger partial charge >= 0.3 is 0 Å². The molecule has 2 aliphatic rings. The Kier molecular flexibility index (Phi) is 6.89. The maximum Gasteiger partial charge on any atom is 0.253 e. The fourth-order valence-corrected chi connectivity index (χ4v) is 3.82. The second-order valence-electron chi connectivity index (χ2n) is 7.38. The number of carbonyl (C=O) groups is 2. The van der Waals surface area contributed by atoms with Gasteiger partial charge in [-0.2, -0.15) is 5.10 Å². The highest BCUT2D eigenvalue weighted by molar-refractivity contribution is 5.96. The summed E-state index contributed by atoms with van der Waals surface area (Å²) in [5, 5.41) is 13.3. The van der Waals surface area contributed by atoms with E-state index in [1.54, 1.807) is 28.9 Å². The van der Waals surface area contributed by atoms with E-state index in [2.05, 4.69) is 21.0 Å². The highest BCUT2D eigenvalue weighted by Crippen LogP contribution is 2.29. The number of benzene rings is 1. The van der Waals surface area contributed by atoms with Crippen molar-refractivity contribution in [3.63, 3.8) is 0 Å². The number of aromatic nitrogens is 2. The van der Waals surface area contributed by atoms with Gasteiger partial charge in [-0.15, -0.1) is 12.4 Å². The highest BCUT2D eigenvalue weighted by atomic mass is 35.5. The normalized spacial score (nSPS) is 23.4. The van der Waals surface area contributed by atoms with Crippen molar-refractivity contribution in [3.05, 3.63) is 42.2 Å². The first kappa shape index (κ1) is 21.3. The molecule has 1 unspecified atom stereocenters. The minimum absolute atomic E-state index is 0. The van der Waals surface area contributed by atoms with Gasteiger partial charge < -0.3 is 20.7 Å². The zero-order chi connectivity index (χ0) is 19.5. The smallest absolute Gasteiger partial charge is 0.253 e. The van der Waals surface area contributed by atoms with Crippen molar-refractivity contribution in [1.29, 1.82) is 0 Å². The first-order valence-electron chi connectivity index (χ1n) is 9.63. The maximum absolute atomic E-state index is 12.8. The Morgan fingerprint density at radius 1 is 1.14 bits per heavy atom. The molecular formula is C20H26ClN5O3. The van der Waals surface area contributed by atoms with Crippen molar-refractivity contribution in [2.45, 2.75) is 24.9 Å². The molecule has 8 nitrogen and oxygen atoms in total. The number of ether oxygens (including phenoxy) is 1. The van der Waals surface area contributed by atoms with E-state index in [1.165, 1.54) is 0 Å². The van der Waals surface area contributed by atoms with Crippen LogP contribution in [0.1, 0.15) is 24.3 Å². The van der Waals surface area contributed by atoms with Gasteiger partial charge in [0.05, 0.1) is 12.1 Å². The summed E-state index contributed by atoms with van der Waals surface area (Å²) in [5.74, 6) is -0.178. The Labute approximate surface area is 175 Å². The topological polar surface area (TPSA) is 97.3 Å². The van der Waals surface area contributed by atoms with Gasteiger partial charge in [-0.1, -0.05) is 0 Å². The Hall–Kier alpha value is -2.42. The lowest BCUT2D eigenvalue weighted by atomic mass is 9.90. The van der Waals surface area contributed by atoms with E-state index in [0.29, 0.717) is 24.5 Å². The Morgan fingerprint density at radius 2 is 1.83 bits per heavy atom. The van der Waals surface area contributed by atoms with E-state index < -0.39 is 0 Å². The van der Waals surface area contributed by atoms with Crippen molar-refractivity contribution in [2.75, 3.05) is 30.3 Å². The maximum atomic E-state index is 12.8. The van der Waals surface area contributed by atoms with Gasteiger partial charge in [0.15, 0.2) is 0 Å². The van der Waals surface area contributed by atoms with Gasteiger partial charge in [-0.3, -0.25) is 14.3 Å². The SMILES string of the molecule is Cl.Cn1cc([C@H]2CNC[C@@H]2C(=O)Nc2ccc(NC(=O)C3CCCO3)cc2)cn1. The number of hydrogen-bond donors (Lipinski definition) is 3. The van der Waals surface area contributed by atoms with Gasteiger partial charge in [0.25, 0.3) is 5.91 Å². The second-order valence-corrected chi connectivity index (χ2v) is 7.38. The van der Waals surface area contributed by atoms with Crippen LogP contribution in [-0.4, -0.2) is 47.4 Å². The number of nitrogens with one attached hydrogen (secondary N) is 3. The molecule has 3 atom stereocenters. The largest absolute Gasteiger partial charge is 0.368 e. The third-order valence-electron chi connectivity index (χ3n) is 5.35. The van der Waals surface area contributed by atoms with Crippen LogP contribution in [0.5, 0.6) is 0 Å². The fraction of sp³-hybridized carbons (Fsp3) is 0.450. The lowest BCUT2D eigenvalue weighted by Crippen LogP contribution is -2.28. The summed E-state index contributed by atoms with van der Waals surface area (Å²) in [6.45, 7) is 2.04. The Balaban J connectivity index is 0.00000240. The molecule has 2 saturated heterocycles. The minimum atomic E-state index is -0.362. The van der Waals surface area contributed by atoms with Crippen molar-refractivity contribution in [2.24, 2.45) is 13.0 Å². The summed E-state index contributed by atoms with van der Waals surface area (Å²) in [4.78, 5) is 24.9. The molecule has 156 valence electrons. The molecule has 2 aliphatic heterocycles. The Morgan fingerprint density at radius 3 is 2.41 bits per heavy atom.